The second-order valence-corrected chi connectivity index (χ2v) is 6.72. The number of ether oxygens (including phenoxy) is 1. The number of aromatic amines is 1. The highest BCUT2D eigenvalue weighted by Gasteiger charge is 2.08. The Labute approximate surface area is 172 Å². The molecular formula is C23H18N4O3. The first-order valence-electron chi connectivity index (χ1n) is 9.37. The lowest BCUT2D eigenvalue weighted by molar-refractivity contribution is -0.605. The third-order valence-corrected chi connectivity index (χ3v) is 4.69. The van der Waals surface area contributed by atoms with Crippen LogP contribution in [0.25, 0.3) is 10.9 Å². The average molecular weight is 398 g/mol. The molecule has 2 heterocycles. The highest BCUT2D eigenvalue weighted by Crippen LogP contribution is 2.21. The molecule has 0 fully saturated rings. The molecule has 0 aliphatic rings. The number of carbonyl (C=O) groups is 1. The van der Waals surface area contributed by atoms with E-state index < -0.39 is 0 Å². The lowest BCUT2D eigenvalue weighted by atomic mass is 10.1. The second-order valence-electron chi connectivity index (χ2n) is 6.72. The molecule has 148 valence electrons. The van der Waals surface area contributed by atoms with E-state index in [1.165, 1.54) is 12.4 Å². The summed E-state index contributed by atoms with van der Waals surface area (Å²) < 4.78 is 6.32. The summed E-state index contributed by atoms with van der Waals surface area (Å²) in [4.78, 5) is 15.4. The monoisotopic (exact) mass is 398 g/mol. The zero-order chi connectivity index (χ0) is 20.9. The largest absolute Gasteiger partial charge is 0.619 e. The van der Waals surface area contributed by atoms with Gasteiger partial charge in [0.25, 0.3) is 5.91 Å². The van der Waals surface area contributed by atoms with Crippen LogP contribution in [0.3, 0.4) is 0 Å². The Kier molecular flexibility index (Phi) is 5.31. The highest BCUT2D eigenvalue weighted by atomic mass is 16.5. The standard InChI is InChI=1S/C23H18N4O3/c24-14-18-15-26-22-6-1-16(13-21(18)22)7-10-25-23(28)17-2-4-19(5-3-17)30-20-8-11-27(29)12-9-20/h1-6,8-9,11-13,15,26H,7,10H2,(H,25,28). The number of nitrogens with one attached hydrogen (secondary N) is 2. The first kappa shape index (κ1) is 19.0. The van der Waals surface area contributed by atoms with Crippen LogP contribution in [0.4, 0.5) is 0 Å². The number of nitrogens with zero attached hydrogens (tertiary/aromatic N) is 2. The number of benzene rings is 2. The molecule has 7 heteroatoms. The number of fused-ring (bicyclic) bond motifs is 1. The van der Waals surface area contributed by atoms with E-state index in [-0.39, 0.29) is 5.91 Å². The summed E-state index contributed by atoms with van der Waals surface area (Å²) in [6.45, 7) is 0.480. The lowest BCUT2D eigenvalue weighted by Gasteiger charge is -2.08. The van der Waals surface area contributed by atoms with Crippen LogP contribution >= 0.6 is 0 Å². The Morgan fingerprint density at radius 1 is 1.10 bits per heavy atom. The molecule has 4 aromatic rings. The Bertz CT molecular complexity index is 1220. The maximum Gasteiger partial charge on any atom is 0.251 e. The fourth-order valence-corrected chi connectivity index (χ4v) is 3.12. The number of rotatable bonds is 6. The van der Waals surface area contributed by atoms with Crippen molar-refractivity contribution in [2.75, 3.05) is 6.54 Å². The van der Waals surface area contributed by atoms with E-state index in [0.717, 1.165) is 16.5 Å². The van der Waals surface area contributed by atoms with E-state index in [2.05, 4.69) is 16.4 Å². The number of hydrogen-bond donors (Lipinski definition) is 2. The Morgan fingerprint density at radius 3 is 2.57 bits per heavy atom. The summed E-state index contributed by atoms with van der Waals surface area (Å²) in [6, 6.07) is 18.0. The van der Waals surface area contributed by atoms with Gasteiger partial charge in [0.2, 0.25) is 0 Å². The predicted octanol–water partition coefficient (Wildman–Crippen LogP) is 3.44. The molecule has 1 amide bonds. The van der Waals surface area contributed by atoms with Crippen LogP contribution in [-0.2, 0) is 6.42 Å². The molecular weight excluding hydrogens is 380 g/mol. The first-order valence-corrected chi connectivity index (χ1v) is 9.37. The van der Waals surface area contributed by atoms with Crippen molar-refractivity contribution >= 4 is 16.8 Å². The van der Waals surface area contributed by atoms with Crippen molar-refractivity contribution in [1.82, 2.24) is 10.3 Å². The van der Waals surface area contributed by atoms with Crippen LogP contribution in [0, 0.1) is 16.5 Å². The number of aromatic nitrogens is 2. The second kappa shape index (κ2) is 8.37. The maximum absolute atomic E-state index is 12.4. The van der Waals surface area contributed by atoms with Gasteiger partial charge in [-0.05, 0) is 48.4 Å². The zero-order valence-corrected chi connectivity index (χ0v) is 16.0. The van der Waals surface area contributed by atoms with E-state index in [0.29, 0.717) is 40.3 Å². The molecule has 7 nitrogen and oxygen atoms in total. The molecule has 2 aromatic heterocycles. The summed E-state index contributed by atoms with van der Waals surface area (Å²) in [6.07, 6.45) is 5.06. The molecule has 0 radical (unpaired) electrons. The van der Waals surface area contributed by atoms with Gasteiger partial charge in [-0.1, -0.05) is 6.07 Å². The van der Waals surface area contributed by atoms with Crippen LogP contribution in [0.15, 0.2) is 73.2 Å². The zero-order valence-electron chi connectivity index (χ0n) is 16.0. The molecule has 0 bridgehead atoms. The predicted molar refractivity (Wildman–Crippen MR) is 111 cm³/mol. The van der Waals surface area contributed by atoms with Gasteiger partial charge in [-0.2, -0.15) is 9.99 Å². The lowest BCUT2D eigenvalue weighted by Crippen LogP contribution is -2.25. The van der Waals surface area contributed by atoms with E-state index in [4.69, 9.17) is 10.00 Å². The number of carbonyl (C=O) groups excluding carboxylic acids is 1. The van der Waals surface area contributed by atoms with E-state index in [1.807, 2.05) is 18.2 Å². The minimum Gasteiger partial charge on any atom is -0.619 e. The smallest absolute Gasteiger partial charge is 0.251 e. The molecule has 2 aromatic carbocycles. The van der Waals surface area contributed by atoms with Gasteiger partial charge in [0, 0.05) is 41.3 Å². The third kappa shape index (κ3) is 4.23. The van der Waals surface area contributed by atoms with Crippen LogP contribution < -0.4 is 14.8 Å². The quantitative estimate of drug-likeness (QED) is 0.383. The van der Waals surface area contributed by atoms with Gasteiger partial charge >= 0.3 is 0 Å². The summed E-state index contributed by atoms with van der Waals surface area (Å²) in [5.74, 6) is 0.940. The summed E-state index contributed by atoms with van der Waals surface area (Å²) >= 11 is 0. The number of nitriles is 1. The van der Waals surface area contributed by atoms with Gasteiger partial charge in [0.05, 0.1) is 5.56 Å². The first-order chi connectivity index (χ1) is 14.6. The molecule has 0 aliphatic heterocycles. The highest BCUT2D eigenvalue weighted by molar-refractivity contribution is 5.94. The van der Waals surface area contributed by atoms with Gasteiger partial charge in [0.1, 0.15) is 17.6 Å². The van der Waals surface area contributed by atoms with Crippen molar-refractivity contribution in [2.24, 2.45) is 0 Å². The molecule has 4 rings (SSSR count). The van der Waals surface area contributed by atoms with Crippen LogP contribution in [0.5, 0.6) is 11.5 Å². The molecule has 0 unspecified atom stereocenters. The van der Waals surface area contributed by atoms with Crippen molar-refractivity contribution in [3.8, 4) is 17.6 Å². The maximum atomic E-state index is 12.4. The Balaban J connectivity index is 1.33. The minimum absolute atomic E-state index is 0.172. The number of H-pyrrole nitrogens is 1. The van der Waals surface area contributed by atoms with Gasteiger partial charge in [-0.3, -0.25) is 4.79 Å². The fraction of sp³-hybridized carbons (Fsp3) is 0.0870. The van der Waals surface area contributed by atoms with Crippen molar-refractivity contribution in [3.05, 3.63) is 95.1 Å². The average Bonchev–Trinajstić information content (AvgIpc) is 3.18. The van der Waals surface area contributed by atoms with Crippen LogP contribution in [0.1, 0.15) is 21.5 Å². The molecule has 0 spiro atoms. The molecule has 30 heavy (non-hydrogen) atoms. The van der Waals surface area contributed by atoms with Crippen LogP contribution in [-0.4, -0.2) is 17.4 Å². The number of pyridine rings is 1. The van der Waals surface area contributed by atoms with Gasteiger partial charge < -0.3 is 20.2 Å². The summed E-state index contributed by atoms with van der Waals surface area (Å²) in [7, 11) is 0. The topological polar surface area (TPSA) is 105 Å². The van der Waals surface area contributed by atoms with Crippen molar-refractivity contribution < 1.29 is 14.3 Å². The molecule has 0 saturated heterocycles. The van der Waals surface area contributed by atoms with E-state index in [1.54, 1.807) is 42.6 Å². The van der Waals surface area contributed by atoms with Crippen molar-refractivity contribution in [3.63, 3.8) is 0 Å². The normalized spacial score (nSPS) is 10.5. The van der Waals surface area contributed by atoms with Gasteiger partial charge in [-0.25, -0.2) is 0 Å². The number of hydrogen-bond acceptors (Lipinski definition) is 4. The summed E-state index contributed by atoms with van der Waals surface area (Å²) in [5, 5.41) is 24.0. The van der Waals surface area contributed by atoms with Crippen molar-refractivity contribution in [2.45, 2.75) is 6.42 Å². The molecule has 0 aliphatic carbocycles. The van der Waals surface area contributed by atoms with Gasteiger partial charge in [-0.15, -0.1) is 0 Å². The third-order valence-electron chi connectivity index (χ3n) is 4.69. The van der Waals surface area contributed by atoms with Crippen LogP contribution in [0.2, 0.25) is 0 Å². The molecule has 0 atom stereocenters. The number of amides is 1. The SMILES string of the molecule is N#Cc1c[nH]c2ccc(CCNC(=O)c3ccc(Oc4cc[n+]([O-])cc4)cc3)cc12. The molecule has 2 N–H and O–H groups in total. The minimum atomic E-state index is -0.172. The van der Waals surface area contributed by atoms with Crippen molar-refractivity contribution in [1.29, 1.82) is 5.26 Å². The Morgan fingerprint density at radius 2 is 1.83 bits per heavy atom. The Hall–Kier alpha value is -4.31. The van der Waals surface area contributed by atoms with E-state index in [9.17, 15) is 10.0 Å². The van der Waals surface area contributed by atoms with Gasteiger partial charge in [0.15, 0.2) is 12.4 Å². The summed E-state index contributed by atoms with van der Waals surface area (Å²) in [5.41, 5.74) is 3.11. The fourth-order valence-electron chi connectivity index (χ4n) is 3.12. The van der Waals surface area contributed by atoms with E-state index >= 15 is 0 Å². The molecule has 0 saturated carbocycles.